The van der Waals surface area contributed by atoms with Crippen LogP contribution in [-0.2, 0) is 26.2 Å². The van der Waals surface area contributed by atoms with Gasteiger partial charge in [0.05, 0.1) is 17.5 Å². The van der Waals surface area contributed by atoms with Crippen molar-refractivity contribution in [2.45, 2.75) is 88.5 Å². The molecule has 0 aromatic heterocycles. The zero-order valence-corrected chi connectivity index (χ0v) is 24.4. The molecule has 0 N–H and O–H groups in total. The molecule has 2 aromatic carbocycles. The SMILES string of the molecule is CC(=O)O[C@@]12CC[C@@H](N(CC(C)C)C(=O)C#Cc3ccccc3)[C@@H]3Oc4cccc5c4[C@@]31CCN(CC1CC1)[C@@H]2C5. The molecule has 7 rings (SSSR count). The summed E-state index contributed by atoms with van der Waals surface area (Å²) in [6.07, 6.45) is 5.43. The van der Waals surface area contributed by atoms with Gasteiger partial charge in [-0.05, 0) is 80.7 Å². The summed E-state index contributed by atoms with van der Waals surface area (Å²) < 4.78 is 13.6. The van der Waals surface area contributed by atoms with Crippen molar-refractivity contribution in [1.82, 2.24) is 9.80 Å². The molecule has 0 radical (unpaired) electrons. The highest BCUT2D eigenvalue weighted by Crippen LogP contribution is 2.66. The Morgan fingerprint density at radius 3 is 2.63 bits per heavy atom. The van der Waals surface area contributed by atoms with Gasteiger partial charge in [0, 0.05) is 37.1 Å². The van der Waals surface area contributed by atoms with E-state index >= 15 is 0 Å². The number of likely N-dealkylation sites (tertiary alicyclic amines) is 1. The Balaban J connectivity index is 1.32. The van der Waals surface area contributed by atoms with Gasteiger partial charge in [0.15, 0.2) is 0 Å². The molecular formula is C35H40N2O4. The highest BCUT2D eigenvalue weighted by Gasteiger charge is 2.75. The average Bonchev–Trinajstić information content (AvgIpc) is 3.70. The third-order valence-electron chi connectivity index (χ3n) is 10.2. The lowest BCUT2D eigenvalue weighted by Gasteiger charge is -2.65. The second-order valence-electron chi connectivity index (χ2n) is 13.3. The molecule has 0 unspecified atom stereocenters. The second-order valence-corrected chi connectivity index (χ2v) is 13.3. The molecule has 1 amide bonds. The molecule has 2 heterocycles. The van der Waals surface area contributed by atoms with Gasteiger partial charge in [0.2, 0.25) is 0 Å². The van der Waals surface area contributed by atoms with E-state index in [9.17, 15) is 9.59 Å². The van der Waals surface area contributed by atoms with Gasteiger partial charge in [0.25, 0.3) is 5.91 Å². The van der Waals surface area contributed by atoms with Gasteiger partial charge in [-0.1, -0.05) is 50.1 Å². The number of hydrogen-bond acceptors (Lipinski definition) is 5. The molecule has 1 saturated heterocycles. The van der Waals surface area contributed by atoms with Crippen LogP contribution in [0.3, 0.4) is 0 Å². The lowest BCUT2D eigenvalue weighted by molar-refractivity contribution is -0.224. The average molecular weight is 553 g/mol. The van der Waals surface area contributed by atoms with Crippen molar-refractivity contribution in [1.29, 1.82) is 0 Å². The largest absolute Gasteiger partial charge is 0.487 e. The van der Waals surface area contributed by atoms with E-state index in [4.69, 9.17) is 9.47 Å². The van der Waals surface area contributed by atoms with Crippen molar-refractivity contribution in [2.75, 3.05) is 19.6 Å². The second kappa shape index (κ2) is 9.91. The number of hydrogen-bond donors (Lipinski definition) is 0. The third kappa shape index (κ3) is 4.19. The fraction of sp³-hybridized carbons (Fsp3) is 0.543. The lowest BCUT2D eigenvalue weighted by Crippen LogP contribution is -2.79. The first-order chi connectivity index (χ1) is 19.8. The van der Waals surface area contributed by atoms with E-state index in [1.807, 2.05) is 35.2 Å². The van der Waals surface area contributed by atoms with Gasteiger partial charge >= 0.3 is 5.97 Å². The molecule has 2 saturated carbocycles. The fourth-order valence-electron chi connectivity index (χ4n) is 8.66. The summed E-state index contributed by atoms with van der Waals surface area (Å²) in [7, 11) is 0. The lowest BCUT2D eigenvalue weighted by atomic mass is 9.48. The number of esters is 1. The zero-order valence-electron chi connectivity index (χ0n) is 24.4. The van der Waals surface area contributed by atoms with Crippen LogP contribution in [0.25, 0.3) is 0 Å². The monoisotopic (exact) mass is 552 g/mol. The molecular weight excluding hydrogens is 512 g/mol. The maximum atomic E-state index is 13.9. The van der Waals surface area contributed by atoms with E-state index in [1.54, 1.807) is 6.92 Å². The quantitative estimate of drug-likeness (QED) is 0.383. The molecule has 6 nitrogen and oxygen atoms in total. The molecule has 2 aromatic rings. The van der Waals surface area contributed by atoms with E-state index < -0.39 is 11.0 Å². The number of amides is 1. The molecule has 6 heteroatoms. The van der Waals surface area contributed by atoms with Crippen LogP contribution in [0.15, 0.2) is 48.5 Å². The zero-order chi connectivity index (χ0) is 28.4. The topological polar surface area (TPSA) is 59.1 Å². The smallest absolute Gasteiger partial charge is 0.303 e. The summed E-state index contributed by atoms with van der Waals surface area (Å²) in [5, 5.41) is 0. The van der Waals surface area contributed by atoms with Crippen LogP contribution in [0.2, 0.25) is 0 Å². The Labute approximate surface area is 243 Å². The first-order valence-electron chi connectivity index (χ1n) is 15.4. The molecule has 214 valence electrons. The van der Waals surface area contributed by atoms with Gasteiger partial charge in [-0.3, -0.25) is 14.5 Å². The summed E-state index contributed by atoms with van der Waals surface area (Å²) in [5.41, 5.74) is 2.21. The number of carbonyl (C=O) groups excluding carboxylic acids is 2. The predicted octanol–water partition coefficient (Wildman–Crippen LogP) is 4.73. The minimum absolute atomic E-state index is 0.112. The van der Waals surface area contributed by atoms with Gasteiger partial charge in [-0.15, -0.1) is 0 Å². The van der Waals surface area contributed by atoms with Gasteiger partial charge in [-0.2, -0.15) is 0 Å². The first-order valence-corrected chi connectivity index (χ1v) is 15.4. The Hall–Kier alpha value is -3.30. The van der Waals surface area contributed by atoms with E-state index in [0.29, 0.717) is 19.4 Å². The standard InChI is InChI=1S/C35H40N2O4/c1-23(2)21-37(31(39)15-14-25-8-5-4-6-9-25)28-16-17-35(41-24(3)38)30-20-27-10-7-11-29-32(27)34(35,33(28)40-29)18-19-36(30)22-26-12-13-26/h4-11,23,26,28,30,33H,12-13,16-22H2,1-3H3/t28-,30-,33+,34+,35-/m1/s1. The van der Waals surface area contributed by atoms with E-state index in [2.05, 4.69) is 48.8 Å². The molecule has 41 heavy (non-hydrogen) atoms. The van der Waals surface area contributed by atoms with Crippen LogP contribution in [0, 0.1) is 23.7 Å². The number of nitrogens with zero attached hydrogens (tertiary/aromatic N) is 2. The number of piperidine rings is 1. The van der Waals surface area contributed by atoms with Crippen LogP contribution in [-0.4, -0.2) is 65.1 Å². The minimum atomic E-state index is -0.672. The third-order valence-corrected chi connectivity index (χ3v) is 10.2. The van der Waals surface area contributed by atoms with Crippen molar-refractivity contribution >= 4 is 11.9 Å². The predicted molar refractivity (Wildman–Crippen MR) is 156 cm³/mol. The molecule has 3 aliphatic carbocycles. The summed E-state index contributed by atoms with van der Waals surface area (Å²) in [4.78, 5) is 31.4. The van der Waals surface area contributed by atoms with Gasteiger partial charge in [0.1, 0.15) is 17.5 Å². The van der Waals surface area contributed by atoms with Crippen LogP contribution in [0.1, 0.15) is 69.6 Å². The molecule has 5 atom stereocenters. The Morgan fingerprint density at radius 1 is 1.10 bits per heavy atom. The van der Waals surface area contributed by atoms with E-state index in [-0.39, 0.29) is 36.0 Å². The summed E-state index contributed by atoms with van der Waals surface area (Å²) in [6, 6.07) is 16.0. The highest BCUT2D eigenvalue weighted by molar-refractivity contribution is 5.94. The number of carbonyl (C=O) groups is 2. The fourth-order valence-corrected chi connectivity index (χ4v) is 8.66. The molecule has 3 fully saturated rings. The van der Waals surface area contributed by atoms with Crippen LogP contribution in [0.4, 0.5) is 0 Å². The highest BCUT2D eigenvalue weighted by atomic mass is 16.6. The van der Waals surface area contributed by atoms with Crippen molar-refractivity contribution in [3.05, 3.63) is 65.2 Å². The molecule has 5 aliphatic rings. The summed E-state index contributed by atoms with van der Waals surface area (Å²) >= 11 is 0. The Bertz CT molecular complexity index is 1420. The number of benzene rings is 2. The van der Waals surface area contributed by atoms with Gasteiger partial charge in [-0.25, -0.2) is 0 Å². The number of rotatable bonds is 6. The maximum absolute atomic E-state index is 13.9. The summed E-state index contributed by atoms with van der Waals surface area (Å²) in [6.45, 7) is 8.47. The maximum Gasteiger partial charge on any atom is 0.303 e. The van der Waals surface area contributed by atoms with Gasteiger partial charge < -0.3 is 14.4 Å². The van der Waals surface area contributed by atoms with Crippen LogP contribution < -0.4 is 4.74 Å². The number of ether oxygens (including phenoxy) is 2. The van der Waals surface area contributed by atoms with Crippen molar-refractivity contribution in [3.8, 4) is 17.6 Å². The molecule has 2 aliphatic heterocycles. The van der Waals surface area contributed by atoms with E-state index in [1.165, 1.54) is 24.0 Å². The van der Waals surface area contributed by atoms with Crippen molar-refractivity contribution in [2.24, 2.45) is 11.8 Å². The first kappa shape index (κ1) is 26.6. The molecule has 1 spiro atoms. The van der Waals surface area contributed by atoms with Crippen LogP contribution >= 0.6 is 0 Å². The Morgan fingerprint density at radius 2 is 1.90 bits per heavy atom. The van der Waals surface area contributed by atoms with Crippen molar-refractivity contribution < 1.29 is 19.1 Å². The molecule has 2 bridgehead atoms. The minimum Gasteiger partial charge on any atom is -0.487 e. The normalized spacial score (nSPS) is 31.0. The summed E-state index contributed by atoms with van der Waals surface area (Å²) in [5.74, 6) is 7.58. The van der Waals surface area contributed by atoms with Crippen LogP contribution in [0.5, 0.6) is 5.75 Å². The van der Waals surface area contributed by atoms with Crippen molar-refractivity contribution in [3.63, 3.8) is 0 Å². The van der Waals surface area contributed by atoms with E-state index in [0.717, 1.165) is 43.2 Å². The Kier molecular flexibility index (Phi) is 6.43.